The monoisotopic (exact) mass is 304 g/mol. The smallest absolute Gasteiger partial charge is 0.266 e. The molecular formula is C14H16N4O2S. The van der Waals surface area contributed by atoms with Crippen molar-refractivity contribution in [1.29, 1.82) is 0 Å². The molecular weight excluding hydrogens is 288 g/mol. The third-order valence-electron chi connectivity index (χ3n) is 2.81. The number of pyridine rings is 1. The normalized spacial score (nSPS) is 10.2. The van der Waals surface area contributed by atoms with Gasteiger partial charge in [0.25, 0.3) is 5.91 Å². The molecule has 0 aliphatic carbocycles. The number of carbonyl (C=O) groups is 1. The zero-order valence-corrected chi connectivity index (χ0v) is 12.3. The van der Waals surface area contributed by atoms with Gasteiger partial charge in [-0.3, -0.25) is 15.2 Å². The summed E-state index contributed by atoms with van der Waals surface area (Å²) in [5, 5.41) is 0. The molecule has 110 valence electrons. The molecule has 0 atom stereocenters. The first-order valence-electron chi connectivity index (χ1n) is 6.16. The minimum atomic E-state index is -0.362. The third kappa shape index (κ3) is 3.87. The minimum Gasteiger partial charge on any atom is -0.497 e. The fourth-order valence-electron chi connectivity index (χ4n) is 1.65. The second-order valence-corrected chi connectivity index (χ2v) is 5.22. The first-order chi connectivity index (χ1) is 10.1. The predicted molar refractivity (Wildman–Crippen MR) is 82.9 cm³/mol. The summed E-state index contributed by atoms with van der Waals surface area (Å²) in [6, 6.07) is 8.98. The Kier molecular flexibility index (Phi) is 5.02. The molecule has 1 amide bonds. The van der Waals surface area contributed by atoms with Gasteiger partial charge in [0.2, 0.25) is 0 Å². The zero-order valence-electron chi connectivity index (χ0n) is 11.5. The second-order valence-electron chi connectivity index (χ2n) is 4.20. The molecule has 1 aromatic carbocycles. The molecule has 2 rings (SSSR count). The molecule has 6 nitrogen and oxygen atoms in total. The van der Waals surface area contributed by atoms with Crippen LogP contribution in [0.15, 0.2) is 41.4 Å². The van der Waals surface area contributed by atoms with E-state index in [2.05, 4.69) is 10.4 Å². The van der Waals surface area contributed by atoms with Gasteiger partial charge in [0.05, 0.1) is 18.4 Å². The standard InChI is InChI=1S/C14H16N4O2S/c1-20-11-4-5-12(15)13(6-11)21-8-10-3-2-9(7-17-10)14(19)18-16/h2-7H,8,15-16H2,1H3,(H,18,19). The van der Waals surface area contributed by atoms with Gasteiger partial charge in [-0.2, -0.15) is 0 Å². The first kappa shape index (κ1) is 15.1. The summed E-state index contributed by atoms with van der Waals surface area (Å²) in [6.45, 7) is 0. The van der Waals surface area contributed by atoms with E-state index in [4.69, 9.17) is 16.3 Å². The molecule has 0 bridgehead atoms. The molecule has 0 saturated heterocycles. The third-order valence-corrected chi connectivity index (χ3v) is 3.92. The summed E-state index contributed by atoms with van der Waals surface area (Å²) in [5.74, 6) is 6.10. The number of methoxy groups -OCH3 is 1. The van der Waals surface area contributed by atoms with Crippen molar-refractivity contribution in [2.45, 2.75) is 10.6 Å². The molecule has 0 aliphatic heterocycles. The summed E-state index contributed by atoms with van der Waals surface area (Å²) in [6.07, 6.45) is 1.49. The molecule has 0 spiro atoms. The quantitative estimate of drug-likeness (QED) is 0.255. The molecule has 0 unspecified atom stereocenters. The number of nitrogens with two attached hydrogens (primary N) is 2. The number of hydrazine groups is 1. The van der Waals surface area contributed by atoms with Crippen molar-refractivity contribution in [3.8, 4) is 5.75 Å². The van der Waals surface area contributed by atoms with Crippen molar-refractivity contribution in [2.24, 2.45) is 5.84 Å². The van der Waals surface area contributed by atoms with E-state index in [0.29, 0.717) is 17.0 Å². The number of nitrogens with zero attached hydrogens (tertiary/aromatic N) is 1. The fourth-order valence-corrected chi connectivity index (χ4v) is 2.55. The van der Waals surface area contributed by atoms with Crippen LogP contribution in [0.3, 0.4) is 0 Å². The number of ether oxygens (including phenoxy) is 1. The van der Waals surface area contributed by atoms with Crippen LogP contribution in [0.5, 0.6) is 5.75 Å². The molecule has 5 N–H and O–H groups in total. The summed E-state index contributed by atoms with van der Waals surface area (Å²) >= 11 is 1.56. The van der Waals surface area contributed by atoms with Crippen LogP contribution in [0.4, 0.5) is 5.69 Å². The largest absolute Gasteiger partial charge is 0.497 e. The number of carbonyl (C=O) groups excluding carboxylic acids is 1. The lowest BCUT2D eigenvalue weighted by Crippen LogP contribution is -2.30. The van der Waals surface area contributed by atoms with Crippen LogP contribution in [0.25, 0.3) is 0 Å². The topological polar surface area (TPSA) is 103 Å². The summed E-state index contributed by atoms with van der Waals surface area (Å²) in [5.41, 5.74) is 9.95. The maximum Gasteiger partial charge on any atom is 0.266 e. The minimum absolute atomic E-state index is 0.362. The number of benzene rings is 1. The lowest BCUT2D eigenvalue weighted by molar-refractivity contribution is 0.0953. The van der Waals surface area contributed by atoms with E-state index < -0.39 is 0 Å². The van der Waals surface area contributed by atoms with Gasteiger partial charge in [-0.1, -0.05) is 0 Å². The van der Waals surface area contributed by atoms with Crippen molar-refractivity contribution in [3.63, 3.8) is 0 Å². The van der Waals surface area contributed by atoms with Crippen LogP contribution in [0, 0.1) is 0 Å². The Balaban J connectivity index is 2.04. The van der Waals surface area contributed by atoms with Crippen molar-refractivity contribution in [1.82, 2.24) is 10.4 Å². The highest BCUT2D eigenvalue weighted by Crippen LogP contribution is 2.31. The van der Waals surface area contributed by atoms with Gasteiger partial charge in [-0.25, -0.2) is 5.84 Å². The van der Waals surface area contributed by atoms with Crippen LogP contribution >= 0.6 is 11.8 Å². The Morgan fingerprint density at radius 2 is 2.19 bits per heavy atom. The van der Waals surface area contributed by atoms with Crippen LogP contribution in [0.2, 0.25) is 0 Å². The molecule has 1 aromatic heterocycles. The summed E-state index contributed by atoms with van der Waals surface area (Å²) in [7, 11) is 1.61. The van der Waals surface area contributed by atoms with Gasteiger partial charge >= 0.3 is 0 Å². The molecule has 0 aliphatic rings. The Bertz CT molecular complexity index is 631. The van der Waals surface area contributed by atoms with E-state index in [1.54, 1.807) is 31.0 Å². The van der Waals surface area contributed by atoms with E-state index in [1.165, 1.54) is 6.20 Å². The van der Waals surface area contributed by atoms with Gasteiger partial charge in [-0.05, 0) is 30.3 Å². The number of hydrogen-bond acceptors (Lipinski definition) is 6. The lowest BCUT2D eigenvalue weighted by Gasteiger charge is -2.08. The van der Waals surface area contributed by atoms with E-state index in [1.807, 2.05) is 18.2 Å². The highest BCUT2D eigenvalue weighted by molar-refractivity contribution is 7.98. The number of aromatic nitrogens is 1. The Hall–Kier alpha value is -2.25. The summed E-state index contributed by atoms with van der Waals surface area (Å²) < 4.78 is 5.18. The van der Waals surface area contributed by atoms with E-state index in [9.17, 15) is 4.79 Å². The van der Waals surface area contributed by atoms with Crippen molar-refractivity contribution >= 4 is 23.4 Å². The van der Waals surface area contributed by atoms with Gasteiger partial charge in [-0.15, -0.1) is 11.8 Å². The van der Waals surface area contributed by atoms with Crippen LogP contribution in [-0.2, 0) is 5.75 Å². The average molecular weight is 304 g/mol. The SMILES string of the molecule is COc1ccc(N)c(SCc2ccc(C(=O)NN)cn2)c1. The number of thioether (sulfide) groups is 1. The lowest BCUT2D eigenvalue weighted by atomic mass is 10.2. The summed E-state index contributed by atoms with van der Waals surface area (Å²) in [4.78, 5) is 16.5. The van der Waals surface area contributed by atoms with Gasteiger partial charge in [0.15, 0.2) is 0 Å². The van der Waals surface area contributed by atoms with Gasteiger partial charge in [0, 0.05) is 22.5 Å². The first-order valence-corrected chi connectivity index (χ1v) is 7.14. The maximum absolute atomic E-state index is 11.3. The number of anilines is 1. The zero-order chi connectivity index (χ0) is 15.2. The van der Waals surface area contributed by atoms with E-state index in [0.717, 1.165) is 16.3 Å². The van der Waals surface area contributed by atoms with Gasteiger partial charge in [0.1, 0.15) is 5.75 Å². The van der Waals surface area contributed by atoms with Gasteiger partial charge < -0.3 is 10.5 Å². The molecule has 2 aromatic rings. The highest BCUT2D eigenvalue weighted by atomic mass is 32.2. The Morgan fingerprint density at radius 3 is 2.81 bits per heavy atom. The molecule has 7 heteroatoms. The van der Waals surface area contributed by atoms with E-state index in [-0.39, 0.29) is 5.91 Å². The molecule has 21 heavy (non-hydrogen) atoms. The molecule has 0 radical (unpaired) electrons. The average Bonchev–Trinajstić information content (AvgIpc) is 2.54. The number of nitrogens with one attached hydrogen (secondary N) is 1. The van der Waals surface area contributed by atoms with Crippen molar-refractivity contribution in [2.75, 3.05) is 12.8 Å². The van der Waals surface area contributed by atoms with Crippen molar-refractivity contribution in [3.05, 3.63) is 47.8 Å². The van der Waals surface area contributed by atoms with Crippen LogP contribution in [0.1, 0.15) is 16.1 Å². The maximum atomic E-state index is 11.3. The predicted octanol–water partition coefficient (Wildman–Crippen LogP) is 1.57. The number of nitrogen functional groups attached to an aromatic ring is 2. The second kappa shape index (κ2) is 6.96. The Labute approximate surface area is 126 Å². The Morgan fingerprint density at radius 1 is 1.38 bits per heavy atom. The van der Waals surface area contributed by atoms with E-state index >= 15 is 0 Å². The van der Waals surface area contributed by atoms with Crippen LogP contribution < -0.4 is 21.7 Å². The highest BCUT2D eigenvalue weighted by Gasteiger charge is 2.06. The number of amides is 1. The number of hydrogen-bond donors (Lipinski definition) is 3. The molecule has 0 saturated carbocycles. The van der Waals surface area contributed by atoms with Crippen molar-refractivity contribution < 1.29 is 9.53 Å². The fraction of sp³-hybridized carbons (Fsp3) is 0.143. The molecule has 1 heterocycles. The molecule has 0 fully saturated rings. The number of rotatable bonds is 5. The van der Waals surface area contributed by atoms with Crippen LogP contribution in [-0.4, -0.2) is 18.0 Å².